The lowest BCUT2D eigenvalue weighted by molar-refractivity contribution is 0.355. The van der Waals surface area contributed by atoms with Crippen LogP contribution in [0.1, 0.15) is 28.4 Å². The summed E-state index contributed by atoms with van der Waals surface area (Å²) < 4.78 is 21.8. The molecule has 0 amide bonds. The molecule has 0 bridgehead atoms. The summed E-state index contributed by atoms with van der Waals surface area (Å²) in [5, 5.41) is 0.663. The van der Waals surface area contributed by atoms with Crippen molar-refractivity contribution in [2.24, 2.45) is 9.98 Å². The van der Waals surface area contributed by atoms with Crippen molar-refractivity contribution in [1.29, 1.82) is 0 Å². The first kappa shape index (κ1) is 17.5. The molecule has 0 saturated heterocycles. The van der Waals surface area contributed by atoms with E-state index >= 15 is 0 Å². The maximum Gasteiger partial charge on any atom is 0.184 e. The fraction of sp³-hybridized carbons (Fsp3) is 0.200. The lowest BCUT2D eigenvalue weighted by Gasteiger charge is -2.11. The molecule has 0 fully saturated rings. The minimum Gasteiger partial charge on any atom is -0.493 e. The number of benzene rings is 1. The van der Waals surface area contributed by atoms with E-state index in [1.165, 1.54) is 0 Å². The number of hydrogen-bond acceptors (Lipinski definition) is 7. The highest BCUT2D eigenvalue weighted by Gasteiger charge is 2.36. The van der Waals surface area contributed by atoms with Crippen molar-refractivity contribution in [1.82, 2.24) is 0 Å². The van der Waals surface area contributed by atoms with Crippen molar-refractivity contribution >= 4 is 23.1 Å². The van der Waals surface area contributed by atoms with Gasteiger partial charge in [-0.1, -0.05) is 11.8 Å². The van der Waals surface area contributed by atoms with E-state index in [9.17, 15) is 0 Å². The summed E-state index contributed by atoms with van der Waals surface area (Å²) in [5.74, 6) is 2.98. The van der Waals surface area contributed by atoms with Gasteiger partial charge in [0.15, 0.2) is 16.7 Å². The summed E-state index contributed by atoms with van der Waals surface area (Å²) in [5.41, 5.74) is 0.895. The van der Waals surface area contributed by atoms with Crippen molar-refractivity contribution in [3.8, 4) is 11.5 Å². The zero-order valence-electron chi connectivity index (χ0n) is 14.9. The molecule has 3 heterocycles. The zero-order chi connectivity index (χ0) is 18.6. The molecule has 0 N–H and O–H groups in total. The Morgan fingerprint density at radius 1 is 1.00 bits per heavy atom. The first-order valence-electron chi connectivity index (χ1n) is 8.36. The van der Waals surface area contributed by atoms with E-state index in [0.29, 0.717) is 16.7 Å². The van der Waals surface area contributed by atoms with Crippen LogP contribution in [0.3, 0.4) is 0 Å². The first-order valence-corrected chi connectivity index (χ1v) is 9.24. The van der Waals surface area contributed by atoms with Crippen molar-refractivity contribution in [2.45, 2.75) is 11.3 Å². The normalized spacial score (nSPS) is 19.4. The Labute approximate surface area is 160 Å². The number of rotatable bonds is 5. The largest absolute Gasteiger partial charge is 0.493 e. The Hall–Kier alpha value is -2.93. The van der Waals surface area contributed by atoms with Gasteiger partial charge < -0.3 is 18.3 Å². The van der Waals surface area contributed by atoms with E-state index in [2.05, 4.69) is 4.99 Å². The number of furan rings is 2. The Morgan fingerprint density at radius 2 is 1.74 bits per heavy atom. The van der Waals surface area contributed by atoms with E-state index in [-0.39, 0.29) is 11.3 Å². The molecule has 0 radical (unpaired) electrons. The van der Waals surface area contributed by atoms with Crippen LogP contribution in [0.4, 0.5) is 0 Å². The smallest absolute Gasteiger partial charge is 0.184 e. The number of amidine groups is 1. The molecule has 138 valence electrons. The van der Waals surface area contributed by atoms with Crippen LogP contribution in [-0.2, 0) is 0 Å². The van der Waals surface area contributed by atoms with E-state index < -0.39 is 0 Å². The fourth-order valence-corrected chi connectivity index (χ4v) is 3.95. The third kappa shape index (κ3) is 3.64. The van der Waals surface area contributed by atoms with Crippen molar-refractivity contribution in [2.75, 3.05) is 14.2 Å². The molecule has 3 aromatic rings. The first-order chi connectivity index (χ1) is 13.3. The van der Waals surface area contributed by atoms with Gasteiger partial charge in [-0.3, -0.25) is 0 Å². The second-order valence-corrected chi connectivity index (χ2v) is 6.91. The van der Waals surface area contributed by atoms with Gasteiger partial charge in [0.2, 0.25) is 0 Å². The summed E-state index contributed by atoms with van der Waals surface area (Å²) in [4.78, 5) is 9.28. The third-order valence-corrected chi connectivity index (χ3v) is 5.32. The highest BCUT2D eigenvalue weighted by atomic mass is 32.2. The third-order valence-electron chi connectivity index (χ3n) is 4.16. The average Bonchev–Trinajstić information content (AvgIpc) is 3.46. The number of thioether (sulfide) groups is 1. The molecule has 4 rings (SSSR count). The molecule has 7 heteroatoms. The summed E-state index contributed by atoms with van der Waals surface area (Å²) in [6, 6.07) is 13.1. The summed E-state index contributed by atoms with van der Waals surface area (Å²) in [6.45, 7) is 0. The minimum atomic E-state index is -0.172. The second kappa shape index (κ2) is 7.75. The SMILES string of the molecule is COc1ccc(C=NC2=N[C@@H](c3ccco3)[C@@H](c3ccco3)S2)cc1OC. The topological polar surface area (TPSA) is 69.5 Å². The zero-order valence-corrected chi connectivity index (χ0v) is 15.7. The highest BCUT2D eigenvalue weighted by molar-refractivity contribution is 8.14. The maximum absolute atomic E-state index is 5.59. The number of aliphatic imine (C=N–C) groups is 2. The molecule has 1 aliphatic heterocycles. The van der Waals surface area contributed by atoms with Gasteiger partial charge in [0.05, 0.1) is 26.7 Å². The molecule has 1 aromatic carbocycles. The van der Waals surface area contributed by atoms with Crippen LogP contribution >= 0.6 is 11.8 Å². The summed E-state index contributed by atoms with van der Waals surface area (Å²) >= 11 is 1.55. The van der Waals surface area contributed by atoms with Gasteiger partial charge in [-0.25, -0.2) is 9.98 Å². The van der Waals surface area contributed by atoms with Crippen molar-refractivity contribution < 1.29 is 18.3 Å². The van der Waals surface area contributed by atoms with Crippen LogP contribution in [0.15, 0.2) is 73.8 Å². The highest BCUT2D eigenvalue weighted by Crippen LogP contribution is 2.48. The Balaban J connectivity index is 1.58. The van der Waals surface area contributed by atoms with E-state index in [4.69, 9.17) is 23.3 Å². The molecular weight excluding hydrogens is 364 g/mol. The number of hydrogen-bond donors (Lipinski definition) is 0. The molecular formula is C20H18N2O4S. The van der Waals surface area contributed by atoms with Gasteiger partial charge in [0.25, 0.3) is 0 Å². The van der Waals surface area contributed by atoms with E-state index in [1.807, 2.05) is 42.5 Å². The van der Waals surface area contributed by atoms with Crippen molar-refractivity contribution in [3.05, 3.63) is 72.1 Å². The summed E-state index contributed by atoms with van der Waals surface area (Å²) in [7, 11) is 3.22. The van der Waals surface area contributed by atoms with Crippen LogP contribution in [0.25, 0.3) is 0 Å². The Kier molecular flexibility index (Phi) is 5.02. The van der Waals surface area contributed by atoms with Gasteiger partial charge in [-0.05, 0) is 48.0 Å². The molecule has 2 atom stereocenters. The van der Waals surface area contributed by atoms with Gasteiger partial charge in [-0.2, -0.15) is 0 Å². The summed E-state index contributed by atoms with van der Waals surface area (Å²) in [6.07, 6.45) is 5.08. The van der Waals surface area contributed by atoms with Gasteiger partial charge in [0, 0.05) is 6.21 Å². The Bertz CT molecular complexity index is 949. The molecule has 1 aliphatic rings. The molecule has 0 saturated carbocycles. The van der Waals surface area contributed by atoms with Gasteiger partial charge in [-0.15, -0.1) is 0 Å². The van der Waals surface area contributed by atoms with Gasteiger partial charge in [0.1, 0.15) is 22.8 Å². The Morgan fingerprint density at radius 3 is 2.41 bits per heavy atom. The number of nitrogens with zero attached hydrogens (tertiary/aromatic N) is 2. The maximum atomic E-state index is 5.59. The predicted octanol–water partition coefficient (Wildman–Crippen LogP) is 4.89. The molecule has 2 aromatic heterocycles. The molecule has 0 aliphatic carbocycles. The standard InChI is InChI=1S/C20H18N2O4S/c1-23-14-8-7-13(11-17(14)24-2)12-21-20-22-18(15-5-3-9-25-15)19(27-20)16-6-4-10-26-16/h3-12,18-19H,1-2H3/t18-,19+/m0/s1. The van der Waals surface area contributed by atoms with Crippen LogP contribution in [-0.4, -0.2) is 25.6 Å². The predicted molar refractivity (Wildman–Crippen MR) is 105 cm³/mol. The molecule has 6 nitrogen and oxygen atoms in total. The monoisotopic (exact) mass is 382 g/mol. The van der Waals surface area contributed by atoms with Crippen molar-refractivity contribution in [3.63, 3.8) is 0 Å². The molecule has 27 heavy (non-hydrogen) atoms. The van der Waals surface area contributed by atoms with Crippen LogP contribution < -0.4 is 9.47 Å². The van der Waals surface area contributed by atoms with E-state index in [1.54, 1.807) is 44.7 Å². The van der Waals surface area contributed by atoms with Crippen LogP contribution in [0.2, 0.25) is 0 Å². The van der Waals surface area contributed by atoms with Crippen LogP contribution in [0, 0.1) is 0 Å². The quantitative estimate of drug-likeness (QED) is 0.587. The minimum absolute atomic E-state index is 0.0105. The van der Waals surface area contributed by atoms with E-state index in [0.717, 1.165) is 17.1 Å². The molecule has 0 unspecified atom stereocenters. The second-order valence-electron chi connectivity index (χ2n) is 5.80. The number of ether oxygens (including phenoxy) is 2. The average molecular weight is 382 g/mol. The van der Waals surface area contributed by atoms with Crippen LogP contribution in [0.5, 0.6) is 11.5 Å². The fourth-order valence-electron chi connectivity index (χ4n) is 2.86. The lowest BCUT2D eigenvalue weighted by atomic mass is 10.1. The van der Waals surface area contributed by atoms with Gasteiger partial charge >= 0.3 is 0 Å². The lowest BCUT2D eigenvalue weighted by Crippen LogP contribution is -1.99. The number of methoxy groups -OCH3 is 2. The molecule has 0 spiro atoms.